The SMILES string of the molecule is CCSCC(N)Cc1ccc(Br)cc1. The van der Waals surface area contributed by atoms with Gasteiger partial charge >= 0.3 is 0 Å². The first kappa shape index (κ1) is 12.1. The van der Waals surface area contributed by atoms with Crippen LogP contribution in [0.1, 0.15) is 12.5 Å². The van der Waals surface area contributed by atoms with Crippen molar-refractivity contribution in [3.05, 3.63) is 34.3 Å². The van der Waals surface area contributed by atoms with Gasteiger partial charge in [0, 0.05) is 16.3 Å². The third-order valence-corrected chi connectivity index (χ3v) is 3.55. The molecule has 0 aromatic heterocycles. The van der Waals surface area contributed by atoms with Crippen LogP contribution in [-0.2, 0) is 6.42 Å². The highest BCUT2D eigenvalue weighted by molar-refractivity contribution is 9.10. The van der Waals surface area contributed by atoms with E-state index in [1.807, 2.05) is 11.8 Å². The van der Waals surface area contributed by atoms with Gasteiger partial charge in [-0.1, -0.05) is 35.0 Å². The molecule has 1 atom stereocenters. The molecule has 3 heteroatoms. The monoisotopic (exact) mass is 273 g/mol. The zero-order chi connectivity index (χ0) is 10.4. The fourth-order valence-electron chi connectivity index (χ4n) is 1.25. The Labute approximate surface area is 98.6 Å². The highest BCUT2D eigenvalue weighted by atomic mass is 79.9. The molecule has 0 saturated heterocycles. The molecule has 2 N–H and O–H groups in total. The van der Waals surface area contributed by atoms with Crippen molar-refractivity contribution in [2.75, 3.05) is 11.5 Å². The Balaban J connectivity index is 2.39. The van der Waals surface area contributed by atoms with E-state index >= 15 is 0 Å². The summed E-state index contributed by atoms with van der Waals surface area (Å²) < 4.78 is 1.12. The number of hydrogen-bond acceptors (Lipinski definition) is 2. The minimum absolute atomic E-state index is 0.279. The lowest BCUT2D eigenvalue weighted by atomic mass is 10.1. The molecule has 0 fully saturated rings. The summed E-state index contributed by atoms with van der Waals surface area (Å²) in [5.74, 6) is 2.20. The van der Waals surface area contributed by atoms with Crippen LogP contribution < -0.4 is 5.73 Å². The van der Waals surface area contributed by atoms with Gasteiger partial charge in [0.25, 0.3) is 0 Å². The summed E-state index contributed by atoms with van der Waals surface area (Å²) in [4.78, 5) is 0. The number of hydrogen-bond donors (Lipinski definition) is 1. The Morgan fingerprint density at radius 2 is 2.00 bits per heavy atom. The molecule has 0 amide bonds. The van der Waals surface area contributed by atoms with Gasteiger partial charge in [0.15, 0.2) is 0 Å². The molecule has 0 heterocycles. The summed E-state index contributed by atoms with van der Waals surface area (Å²) in [5.41, 5.74) is 7.31. The lowest BCUT2D eigenvalue weighted by molar-refractivity contribution is 0.749. The van der Waals surface area contributed by atoms with Crippen LogP contribution in [0.15, 0.2) is 28.7 Å². The molecule has 0 aliphatic carbocycles. The second-order valence-electron chi connectivity index (χ2n) is 3.25. The topological polar surface area (TPSA) is 26.0 Å². The van der Waals surface area contributed by atoms with Gasteiger partial charge in [0.05, 0.1) is 0 Å². The second-order valence-corrected chi connectivity index (χ2v) is 5.48. The summed E-state index contributed by atoms with van der Waals surface area (Å²) in [6.45, 7) is 2.16. The van der Waals surface area contributed by atoms with E-state index in [1.54, 1.807) is 0 Å². The van der Waals surface area contributed by atoms with Crippen LogP contribution in [0, 0.1) is 0 Å². The van der Waals surface area contributed by atoms with Gasteiger partial charge in [-0.15, -0.1) is 0 Å². The van der Waals surface area contributed by atoms with Crippen LogP contribution in [0.3, 0.4) is 0 Å². The van der Waals surface area contributed by atoms with Gasteiger partial charge < -0.3 is 5.73 Å². The molecule has 0 spiro atoms. The van der Waals surface area contributed by atoms with Gasteiger partial charge in [0.1, 0.15) is 0 Å². The molecule has 0 saturated carbocycles. The highest BCUT2D eigenvalue weighted by Crippen LogP contribution is 2.12. The van der Waals surface area contributed by atoms with E-state index in [2.05, 4.69) is 47.1 Å². The second kappa shape index (κ2) is 6.49. The largest absolute Gasteiger partial charge is 0.327 e. The smallest absolute Gasteiger partial charge is 0.0175 e. The quantitative estimate of drug-likeness (QED) is 0.893. The number of halogens is 1. The van der Waals surface area contributed by atoms with E-state index in [0.29, 0.717) is 0 Å². The van der Waals surface area contributed by atoms with Crippen LogP contribution in [0.25, 0.3) is 0 Å². The Bertz CT molecular complexity index is 260. The molecule has 0 aliphatic rings. The average molecular weight is 274 g/mol. The summed E-state index contributed by atoms with van der Waals surface area (Å²) in [6, 6.07) is 8.66. The third kappa shape index (κ3) is 4.49. The molecule has 1 unspecified atom stereocenters. The van der Waals surface area contributed by atoms with Crippen molar-refractivity contribution in [1.29, 1.82) is 0 Å². The van der Waals surface area contributed by atoms with Crippen molar-refractivity contribution in [2.24, 2.45) is 5.73 Å². The summed E-state index contributed by atoms with van der Waals surface area (Å²) in [7, 11) is 0. The average Bonchev–Trinajstić information content (AvgIpc) is 2.18. The molecule has 1 nitrogen and oxygen atoms in total. The molecule has 1 aromatic rings. The molecule has 0 bridgehead atoms. The number of rotatable bonds is 5. The molecule has 78 valence electrons. The number of thioether (sulfide) groups is 1. The number of nitrogens with two attached hydrogens (primary N) is 1. The summed E-state index contributed by atoms with van der Waals surface area (Å²) in [5, 5.41) is 0. The minimum atomic E-state index is 0.279. The number of benzene rings is 1. The summed E-state index contributed by atoms with van der Waals surface area (Å²) >= 11 is 5.32. The van der Waals surface area contributed by atoms with Crippen LogP contribution in [0.4, 0.5) is 0 Å². The van der Waals surface area contributed by atoms with E-state index in [1.165, 1.54) is 5.56 Å². The van der Waals surface area contributed by atoms with Gasteiger partial charge in [-0.25, -0.2) is 0 Å². The Morgan fingerprint density at radius 1 is 1.36 bits per heavy atom. The van der Waals surface area contributed by atoms with Crippen molar-refractivity contribution in [2.45, 2.75) is 19.4 Å². The lowest BCUT2D eigenvalue weighted by Crippen LogP contribution is -2.25. The van der Waals surface area contributed by atoms with E-state index in [4.69, 9.17) is 5.73 Å². The van der Waals surface area contributed by atoms with Crippen LogP contribution in [0.2, 0.25) is 0 Å². The lowest BCUT2D eigenvalue weighted by Gasteiger charge is -2.10. The highest BCUT2D eigenvalue weighted by Gasteiger charge is 2.03. The van der Waals surface area contributed by atoms with Crippen LogP contribution >= 0.6 is 27.7 Å². The predicted octanol–water partition coefficient (Wildman–Crippen LogP) is 3.07. The standard InChI is InChI=1S/C11H16BrNS/c1-2-14-8-11(13)7-9-3-5-10(12)6-4-9/h3-6,11H,2,7-8,13H2,1H3. The Kier molecular flexibility index (Phi) is 5.60. The van der Waals surface area contributed by atoms with Crippen molar-refractivity contribution < 1.29 is 0 Å². The van der Waals surface area contributed by atoms with E-state index in [-0.39, 0.29) is 6.04 Å². The zero-order valence-electron chi connectivity index (χ0n) is 8.37. The third-order valence-electron chi connectivity index (χ3n) is 1.95. The van der Waals surface area contributed by atoms with Crippen LogP contribution in [-0.4, -0.2) is 17.5 Å². The van der Waals surface area contributed by atoms with Gasteiger partial charge in [0.2, 0.25) is 0 Å². The fourth-order valence-corrected chi connectivity index (χ4v) is 2.17. The first-order valence-corrected chi connectivity index (χ1v) is 6.75. The molecule has 14 heavy (non-hydrogen) atoms. The van der Waals surface area contributed by atoms with Crippen molar-refractivity contribution in [3.8, 4) is 0 Å². The molecule has 0 aliphatic heterocycles. The maximum Gasteiger partial charge on any atom is 0.0175 e. The predicted molar refractivity (Wildman–Crippen MR) is 68.8 cm³/mol. The van der Waals surface area contributed by atoms with Gasteiger partial charge in [-0.2, -0.15) is 11.8 Å². The van der Waals surface area contributed by atoms with Gasteiger partial charge in [-0.3, -0.25) is 0 Å². The van der Waals surface area contributed by atoms with E-state index < -0.39 is 0 Å². The van der Waals surface area contributed by atoms with E-state index in [9.17, 15) is 0 Å². The first-order chi connectivity index (χ1) is 6.72. The molecular weight excluding hydrogens is 258 g/mol. The minimum Gasteiger partial charge on any atom is -0.327 e. The first-order valence-electron chi connectivity index (χ1n) is 4.80. The van der Waals surface area contributed by atoms with Crippen molar-refractivity contribution >= 4 is 27.7 Å². The summed E-state index contributed by atoms with van der Waals surface area (Å²) in [6.07, 6.45) is 0.972. The Hall–Kier alpha value is 0.01000. The maximum absolute atomic E-state index is 6.00. The van der Waals surface area contributed by atoms with Crippen molar-refractivity contribution in [3.63, 3.8) is 0 Å². The van der Waals surface area contributed by atoms with Crippen LogP contribution in [0.5, 0.6) is 0 Å². The van der Waals surface area contributed by atoms with Crippen molar-refractivity contribution in [1.82, 2.24) is 0 Å². The van der Waals surface area contributed by atoms with E-state index in [0.717, 1.165) is 22.4 Å². The van der Waals surface area contributed by atoms with Gasteiger partial charge in [-0.05, 0) is 29.9 Å². The molecule has 0 radical (unpaired) electrons. The molecule has 1 aromatic carbocycles. The molecule has 1 rings (SSSR count). The zero-order valence-corrected chi connectivity index (χ0v) is 10.8. The molecular formula is C11H16BrNS. The maximum atomic E-state index is 6.00. The normalized spacial score (nSPS) is 12.8. The Morgan fingerprint density at radius 3 is 2.57 bits per heavy atom. The fraction of sp³-hybridized carbons (Fsp3) is 0.455.